The van der Waals surface area contributed by atoms with Crippen LogP contribution in [-0.2, 0) is 4.79 Å². The molecule has 1 aromatic carbocycles. The fourth-order valence-electron chi connectivity index (χ4n) is 3.20. The quantitative estimate of drug-likeness (QED) is 0.847. The fourth-order valence-corrected chi connectivity index (χ4v) is 4.06. The largest absolute Gasteiger partial charge is 0.342 e. The van der Waals surface area contributed by atoms with E-state index in [1.54, 1.807) is 0 Å². The van der Waals surface area contributed by atoms with E-state index in [1.165, 1.54) is 11.3 Å². The van der Waals surface area contributed by atoms with E-state index in [-0.39, 0.29) is 17.7 Å². The maximum absolute atomic E-state index is 12.4. The van der Waals surface area contributed by atoms with Gasteiger partial charge >= 0.3 is 0 Å². The number of aromatic nitrogens is 2. The van der Waals surface area contributed by atoms with Crippen molar-refractivity contribution in [3.05, 3.63) is 39.8 Å². The third kappa shape index (κ3) is 5.13. The molecule has 1 aliphatic rings. The van der Waals surface area contributed by atoms with Crippen LogP contribution in [0.4, 0.5) is 5.69 Å². The summed E-state index contributed by atoms with van der Waals surface area (Å²) in [7, 11) is 0. The first-order valence-corrected chi connectivity index (χ1v) is 10.2. The van der Waals surface area contributed by atoms with Crippen LogP contribution in [0.15, 0.2) is 24.3 Å². The first kappa shape index (κ1) is 19.5. The van der Waals surface area contributed by atoms with Gasteiger partial charge in [-0.25, -0.2) is 0 Å². The van der Waals surface area contributed by atoms with Crippen molar-refractivity contribution in [3.8, 4) is 0 Å². The van der Waals surface area contributed by atoms with Crippen LogP contribution < -0.4 is 5.32 Å². The van der Waals surface area contributed by atoms with Crippen LogP contribution in [0.3, 0.4) is 0 Å². The maximum atomic E-state index is 12.4. The number of carbonyl (C=O) groups is 2. The number of aryl methyl sites for hydroxylation is 1. The number of nitrogens with one attached hydrogen (secondary N) is 1. The highest BCUT2D eigenvalue weighted by atomic mass is 32.1. The Morgan fingerprint density at radius 3 is 2.70 bits per heavy atom. The summed E-state index contributed by atoms with van der Waals surface area (Å²) in [6, 6.07) is 7.64. The van der Waals surface area contributed by atoms with E-state index in [4.69, 9.17) is 0 Å². The molecule has 1 aromatic heterocycles. The molecule has 2 aromatic rings. The second kappa shape index (κ2) is 8.61. The van der Waals surface area contributed by atoms with Crippen LogP contribution in [0.5, 0.6) is 0 Å². The molecule has 3 rings (SSSR count). The number of anilines is 1. The zero-order chi connectivity index (χ0) is 19.4. The Kier molecular flexibility index (Phi) is 6.21. The van der Waals surface area contributed by atoms with Gasteiger partial charge in [-0.3, -0.25) is 9.59 Å². The number of hydrogen-bond donors (Lipinski definition) is 1. The molecule has 2 heterocycles. The third-order valence-electron chi connectivity index (χ3n) is 4.65. The number of rotatable bonds is 5. The molecular weight excluding hydrogens is 360 g/mol. The zero-order valence-electron chi connectivity index (χ0n) is 16.1. The Labute approximate surface area is 164 Å². The lowest BCUT2D eigenvalue weighted by molar-refractivity contribution is -0.133. The van der Waals surface area contributed by atoms with Crippen molar-refractivity contribution in [1.29, 1.82) is 0 Å². The summed E-state index contributed by atoms with van der Waals surface area (Å²) in [5.74, 6) is 0.479. The number of carbonyl (C=O) groups excluding carboxylic acids is 2. The van der Waals surface area contributed by atoms with Crippen molar-refractivity contribution < 1.29 is 9.59 Å². The van der Waals surface area contributed by atoms with Crippen molar-refractivity contribution in [1.82, 2.24) is 15.1 Å². The van der Waals surface area contributed by atoms with Crippen molar-refractivity contribution in [2.75, 3.05) is 18.4 Å². The van der Waals surface area contributed by atoms with E-state index in [0.717, 1.165) is 35.6 Å². The summed E-state index contributed by atoms with van der Waals surface area (Å²) in [6.45, 7) is 7.59. The second-order valence-corrected chi connectivity index (χ2v) is 8.55. The minimum atomic E-state index is -0.244. The topological polar surface area (TPSA) is 75.2 Å². The Morgan fingerprint density at radius 1 is 1.26 bits per heavy atom. The number of likely N-dealkylation sites (tertiary alicyclic amines) is 1. The minimum absolute atomic E-state index is 0.160. The average Bonchev–Trinajstić information content (AvgIpc) is 3.13. The van der Waals surface area contributed by atoms with Gasteiger partial charge in [0.25, 0.3) is 5.91 Å². The zero-order valence-corrected chi connectivity index (χ0v) is 16.9. The van der Waals surface area contributed by atoms with Crippen LogP contribution in [0, 0.1) is 12.8 Å². The van der Waals surface area contributed by atoms with E-state index in [2.05, 4.69) is 29.4 Å². The first-order chi connectivity index (χ1) is 12.9. The fraction of sp³-hybridized carbons (Fsp3) is 0.500. The Bertz CT molecular complexity index is 801. The standard InChI is InChI=1S/C20H26N4O2S/c1-13(2)11-17(25)24-10-4-5-15(12-24)19-22-23-20(27-19)18(26)21-16-8-6-14(3)7-9-16/h6-9,13,15H,4-5,10-12H2,1-3H3,(H,21,26). The predicted molar refractivity (Wildman–Crippen MR) is 107 cm³/mol. The van der Waals surface area contributed by atoms with Gasteiger partial charge in [-0.2, -0.15) is 0 Å². The number of hydrogen-bond acceptors (Lipinski definition) is 5. The lowest BCUT2D eigenvalue weighted by Crippen LogP contribution is -2.39. The third-order valence-corrected chi connectivity index (χ3v) is 5.74. The molecule has 6 nitrogen and oxygen atoms in total. The van der Waals surface area contributed by atoms with Crippen LogP contribution in [0.25, 0.3) is 0 Å². The number of benzene rings is 1. The molecule has 1 saturated heterocycles. The van der Waals surface area contributed by atoms with Crippen molar-refractivity contribution in [2.24, 2.45) is 5.92 Å². The first-order valence-electron chi connectivity index (χ1n) is 9.41. The van der Waals surface area contributed by atoms with Crippen LogP contribution in [0.2, 0.25) is 0 Å². The smallest absolute Gasteiger partial charge is 0.286 e. The van der Waals surface area contributed by atoms with E-state index < -0.39 is 0 Å². The number of nitrogens with zero attached hydrogens (tertiary/aromatic N) is 3. The summed E-state index contributed by atoms with van der Waals surface area (Å²) >= 11 is 1.33. The van der Waals surface area contributed by atoms with Crippen molar-refractivity contribution in [3.63, 3.8) is 0 Å². The average molecular weight is 387 g/mol. The van der Waals surface area contributed by atoms with Gasteiger partial charge in [0.2, 0.25) is 10.9 Å². The molecular formula is C20H26N4O2S. The lowest BCUT2D eigenvalue weighted by Gasteiger charge is -2.32. The highest BCUT2D eigenvalue weighted by Gasteiger charge is 2.28. The molecule has 1 unspecified atom stereocenters. The monoisotopic (exact) mass is 386 g/mol. The molecule has 0 radical (unpaired) electrons. The minimum Gasteiger partial charge on any atom is -0.342 e. The molecule has 7 heteroatoms. The summed E-state index contributed by atoms with van der Waals surface area (Å²) in [5.41, 5.74) is 1.88. The van der Waals surface area contributed by atoms with Gasteiger partial charge in [-0.15, -0.1) is 10.2 Å². The van der Waals surface area contributed by atoms with Gasteiger partial charge < -0.3 is 10.2 Å². The van der Waals surface area contributed by atoms with Gasteiger partial charge in [0.05, 0.1) is 0 Å². The van der Waals surface area contributed by atoms with E-state index in [9.17, 15) is 9.59 Å². The predicted octanol–water partition coefficient (Wildman–Crippen LogP) is 3.85. The Morgan fingerprint density at radius 2 is 2.00 bits per heavy atom. The van der Waals surface area contributed by atoms with Crippen LogP contribution in [0.1, 0.15) is 59.4 Å². The molecule has 0 bridgehead atoms. The summed E-state index contributed by atoms with van der Waals surface area (Å²) < 4.78 is 0. The van der Waals surface area contributed by atoms with Crippen LogP contribution >= 0.6 is 11.3 Å². The van der Waals surface area contributed by atoms with E-state index in [1.807, 2.05) is 36.1 Å². The SMILES string of the molecule is Cc1ccc(NC(=O)c2nnc(C3CCCN(C(=O)CC(C)C)C3)s2)cc1. The molecule has 0 aliphatic carbocycles. The molecule has 2 amide bonds. The van der Waals surface area contributed by atoms with Crippen molar-refractivity contribution in [2.45, 2.75) is 46.0 Å². The van der Waals surface area contributed by atoms with Gasteiger partial charge in [0.15, 0.2) is 0 Å². The van der Waals surface area contributed by atoms with Gasteiger partial charge in [-0.05, 0) is 37.8 Å². The highest BCUT2D eigenvalue weighted by molar-refractivity contribution is 7.13. The summed E-state index contributed by atoms with van der Waals surface area (Å²) in [5, 5.41) is 12.4. The van der Waals surface area contributed by atoms with Crippen LogP contribution in [-0.4, -0.2) is 40.0 Å². The molecule has 1 N–H and O–H groups in total. The molecule has 1 atom stereocenters. The van der Waals surface area contributed by atoms with Crippen molar-refractivity contribution >= 4 is 28.8 Å². The molecule has 1 fully saturated rings. The molecule has 0 saturated carbocycles. The highest BCUT2D eigenvalue weighted by Crippen LogP contribution is 2.30. The Hall–Kier alpha value is -2.28. The molecule has 1 aliphatic heterocycles. The van der Waals surface area contributed by atoms with Gasteiger partial charge in [0, 0.05) is 31.1 Å². The number of piperidine rings is 1. The molecule has 144 valence electrons. The molecule has 27 heavy (non-hydrogen) atoms. The molecule has 0 spiro atoms. The second-order valence-electron chi connectivity index (χ2n) is 7.54. The Balaban J connectivity index is 1.63. The van der Waals surface area contributed by atoms with E-state index in [0.29, 0.717) is 23.9 Å². The summed E-state index contributed by atoms with van der Waals surface area (Å²) in [4.78, 5) is 26.7. The van der Waals surface area contributed by atoms with E-state index >= 15 is 0 Å². The number of amides is 2. The normalized spacial score (nSPS) is 17.2. The summed E-state index contributed by atoms with van der Waals surface area (Å²) in [6.07, 6.45) is 2.51. The lowest BCUT2D eigenvalue weighted by atomic mass is 9.98. The van der Waals surface area contributed by atoms with Gasteiger partial charge in [-0.1, -0.05) is 42.9 Å². The van der Waals surface area contributed by atoms with Gasteiger partial charge in [0.1, 0.15) is 5.01 Å². The maximum Gasteiger partial charge on any atom is 0.286 e.